The lowest BCUT2D eigenvalue weighted by Crippen LogP contribution is -2.16. The van der Waals surface area contributed by atoms with Gasteiger partial charge in [-0.2, -0.15) is 4.68 Å². The van der Waals surface area contributed by atoms with Crippen LogP contribution in [0.2, 0.25) is 0 Å². The summed E-state index contributed by atoms with van der Waals surface area (Å²) in [7, 11) is 0. The molecule has 3 heterocycles. The summed E-state index contributed by atoms with van der Waals surface area (Å²) >= 11 is 0. The third kappa shape index (κ3) is 4.23. The third-order valence-corrected chi connectivity index (χ3v) is 4.10. The average Bonchev–Trinajstić information content (AvgIpc) is 3.18. The Bertz CT molecular complexity index is 1120. The highest BCUT2D eigenvalue weighted by Gasteiger charge is 2.31. The maximum absolute atomic E-state index is 12.3. The van der Waals surface area contributed by atoms with Gasteiger partial charge in [0.2, 0.25) is 0 Å². The number of nitrogens with zero attached hydrogens (tertiary/aromatic N) is 5. The first-order valence-corrected chi connectivity index (χ1v) is 8.55. The topological polar surface area (TPSA) is 65.7 Å². The summed E-state index contributed by atoms with van der Waals surface area (Å²) in [6.07, 6.45) is 0.240. The molecule has 3 aromatic heterocycles. The minimum absolute atomic E-state index is 0.287. The number of aryl methyl sites for hydroxylation is 1. The summed E-state index contributed by atoms with van der Waals surface area (Å²) in [5, 5.41) is 8.08. The molecule has 6 nitrogen and oxygen atoms in total. The Labute approximate surface area is 163 Å². The molecule has 0 fully saturated rings. The van der Waals surface area contributed by atoms with E-state index >= 15 is 0 Å². The molecule has 9 heteroatoms. The SMILES string of the molecule is Cc1ccc(-n2nncc2-c2ccnc(-c3ccc(OC(F)(F)F)cc3)c2)nc1. The number of aromatic nitrogens is 5. The van der Waals surface area contributed by atoms with E-state index in [9.17, 15) is 13.2 Å². The Morgan fingerprint density at radius 3 is 2.38 bits per heavy atom. The zero-order chi connectivity index (χ0) is 20.4. The number of halogens is 3. The number of rotatable bonds is 4. The highest BCUT2D eigenvalue weighted by Crippen LogP contribution is 2.28. The van der Waals surface area contributed by atoms with E-state index in [1.807, 2.05) is 25.1 Å². The Hall–Kier alpha value is -3.75. The van der Waals surface area contributed by atoms with Crippen LogP contribution in [0.5, 0.6) is 5.75 Å². The first-order chi connectivity index (χ1) is 13.9. The van der Waals surface area contributed by atoms with Crippen LogP contribution in [0.4, 0.5) is 13.2 Å². The minimum atomic E-state index is -4.73. The van der Waals surface area contributed by atoms with Gasteiger partial charge in [-0.25, -0.2) is 4.98 Å². The number of hydrogen-bond donors (Lipinski definition) is 0. The van der Waals surface area contributed by atoms with Gasteiger partial charge in [0, 0.05) is 23.5 Å². The van der Waals surface area contributed by atoms with Crippen molar-refractivity contribution in [2.45, 2.75) is 13.3 Å². The lowest BCUT2D eigenvalue weighted by Gasteiger charge is -2.10. The lowest BCUT2D eigenvalue weighted by atomic mass is 10.1. The van der Waals surface area contributed by atoms with Crippen molar-refractivity contribution in [3.63, 3.8) is 0 Å². The molecule has 0 aliphatic rings. The van der Waals surface area contributed by atoms with Gasteiger partial charge in [-0.1, -0.05) is 11.3 Å². The van der Waals surface area contributed by atoms with Crippen molar-refractivity contribution < 1.29 is 17.9 Å². The monoisotopic (exact) mass is 397 g/mol. The normalized spacial score (nSPS) is 11.4. The molecule has 0 saturated heterocycles. The summed E-state index contributed by atoms with van der Waals surface area (Å²) in [5.41, 5.74) is 3.76. The molecule has 0 atom stereocenters. The van der Waals surface area contributed by atoms with Gasteiger partial charge in [-0.15, -0.1) is 18.3 Å². The second-order valence-electron chi connectivity index (χ2n) is 6.23. The maximum atomic E-state index is 12.3. The molecule has 1 aromatic carbocycles. The summed E-state index contributed by atoms with van der Waals surface area (Å²) in [5.74, 6) is 0.334. The molecule has 0 N–H and O–H groups in total. The Kier molecular flexibility index (Phi) is 4.71. The molecule has 29 heavy (non-hydrogen) atoms. The van der Waals surface area contributed by atoms with E-state index in [-0.39, 0.29) is 5.75 Å². The van der Waals surface area contributed by atoms with Crippen LogP contribution in [0.1, 0.15) is 5.56 Å². The van der Waals surface area contributed by atoms with E-state index in [1.165, 1.54) is 24.3 Å². The second kappa shape index (κ2) is 7.34. The zero-order valence-electron chi connectivity index (χ0n) is 15.1. The summed E-state index contributed by atoms with van der Waals surface area (Å²) < 4.78 is 42.5. The maximum Gasteiger partial charge on any atom is 0.573 e. The van der Waals surface area contributed by atoms with Gasteiger partial charge in [-0.05, 0) is 55.0 Å². The number of pyridine rings is 2. The number of alkyl halides is 3. The summed E-state index contributed by atoms with van der Waals surface area (Å²) in [4.78, 5) is 8.67. The van der Waals surface area contributed by atoms with Crippen molar-refractivity contribution in [2.24, 2.45) is 0 Å². The molecule has 0 spiro atoms. The zero-order valence-corrected chi connectivity index (χ0v) is 15.1. The molecule has 4 rings (SSSR count). The van der Waals surface area contributed by atoms with Crippen molar-refractivity contribution in [2.75, 3.05) is 0 Å². The Morgan fingerprint density at radius 1 is 0.897 bits per heavy atom. The summed E-state index contributed by atoms with van der Waals surface area (Å²) in [6.45, 7) is 1.94. The van der Waals surface area contributed by atoms with Gasteiger partial charge in [0.25, 0.3) is 0 Å². The largest absolute Gasteiger partial charge is 0.573 e. The lowest BCUT2D eigenvalue weighted by molar-refractivity contribution is -0.274. The predicted molar refractivity (Wildman–Crippen MR) is 99.2 cm³/mol. The average molecular weight is 397 g/mol. The molecule has 0 saturated carbocycles. The molecular weight excluding hydrogens is 383 g/mol. The number of hydrogen-bond acceptors (Lipinski definition) is 5. The van der Waals surface area contributed by atoms with E-state index in [0.717, 1.165) is 11.1 Å². The van der Waals surface area contributed by atoms with Gasteiger partial charge in [-0.3, -0.25) is 4.98 Å². The van der Waals surface area contributed by atoms with Gasteiger partial charge < -0.3 is 4.74 Å². The van der Waals surface area contributed by atoms with Crippen molar-refractivity contribution in [3.8, 4) is 34.1 Å². The van der Waals surface area contributed by atoms with Crippen molar-refractivity contribution in [1.29, 1.82) is 0 Å². The standard InChI is InChI=1S/C20H14F3N5O/c1-13-2-7-19(25-11-13)28-18(12-26-27-28)15-8-9-24-17(10-15)14-3-5-16(6-4-14)29-20(21,22)23/h2-12H,1H3. The molecule has 0 bridgehead atoms. The van der Waals surface area contributed by atoms with E-state index in [1.54, 1.807) is 29.3 Å². The Balaban J connectivity index is 1.65. The van der Waals surface area contributed by atoms with Gasteiger partial charge >= 0.3 is 6.36 Å². The van der Waals surface area contributed by atoms with Gasteiger partial charge in [0.05, 0.1) is 17.6 Å². The minimum Gasteiger partial charge on any atom is -0.406 e. The van der Waals surface area contributed by atoms with Crippen molar-refractivity contribution in [3.05, 3.63) is 72.7 Å². The van der Waals surface area contributed by atoms with Crippen LogP contribution in [-0.4, -0.2) is 31.3 Å². The molecule has 0 unspecified atom stereocenters. The molecule has 0 amide bonds. The van der Waals surface area contributed by atoms with Crippen LogP contribution in [0, 0.1) is 6.92 Å². The second-order valence-corrected chi connectivity index (χ2v) is 6.23. The smallest absolute Gasteiger partial charge is 0.406 e. The molecule has 0 radical (unpaired) electrons. The van der Waals surface area contributed by atoms with E-state index in [2.05, 4.69) is 25.0 Å². The molecule has 4 aromatic rings. The Morgan fingerprint density at radius 2 is 1.69 bits per heavy atom. The molecule has 146 valence electrons. The molecular formula is C20H14F3N5O. The highest BCUT2D eigenvalue weighted by atomic mass is 19.4. The van der Waals surface area contributed by atoms with Crippen molar-refractivity contribution in [1.82, 2.24) is 25.0 Å². The van der Waals surface area contributed by atoms with Crippen LogP contribution >= 0.6 is 0 Å². The molecule has 0 aliphatic heterocycles. The van der Waals surface area contributed by atoms with Crippen molar-refractivity contribution >= 4 is 0 Å². The third-order valence-electron chi connectivity index (χ3n) is 4.10. The van der Waals surface area contributed by atoms with Crippen LogP contribution in [-0.2, 0) is 0 Å². The van der Waals surface area contributed by atoms with Crippen LogP contribution in [0.3, 0.4) is 0 Å². The fourth-order valence-corrected chi connectivity index (χ4v) is 2.76. The first-order valence-electron chi connectivity index (χ1n) is 8.55. The van der Waals surface area contributed by atoms with Crippen LogP contribution in [0.25, 0.3) is 28.3 Å². The number of ether oxygens (including phenoxy) is 1. The van der Waals surface area contributed by atoms with E-state index < -0.39 is 6.36 Å². The van der Waals surface area contributed by atoms with Crippen LogP contribution in [0.15, 0.2) is 67.1 Å². The van der Waals surface area contributed by atoms with Gasteiger partial charge in [0.1, 0.15) is 5.75 Å². The fraction of sp³-hybridized carbons (Fsp3) is 0.100. The quantitative estimate of drug-likeness (QED) is 0.504. The van der Waals surface area contributed by atoms with Crippen LogP contribution < -0.4 is 4.74 Å². The summed E-state index contributed by atoms with van der Waals surface area (Å²) in [6, 6.07) is 12.9. The van der Waals surface area contributed by atoms with E-state index in [0.29, 0.717) is 22.8 Å². The molecule has 0 aliphatic carbocycles. The van der Waals surface area contributed by atoms with Gasteiger partial charge in [0.15, 0.2) is 5.82 Å². The fourth-order valence-electron chi connectivity index (χ4n) is 2.76. The predicted octanol–water partition coefficient (Wildman–Crippen LogP) is 4.60. The first kappa shape index (κ1) is 18.6. The number of benzene rings is 1. The highest BCUT2D eigenvalue weighted by molar-refractivity contribution is 5.69. The van der Waals surface area contributed by atoms with E-state index in [4.69, 9.17) is 0 Å².